The fraction of sp³-hybridized carbons (Fsp3) is 0.304. The molecule has 6 nitrogen and oxygen atoms in total. The number of aliphatic imine (C=N–C) groups is 1. The largest absolute Gasteiger partial charge is 0.494 e. The summed E-state index contributed by atoms with van der Waals surface area (Å²) in [6.45, 7) is 1.85. The van der Waals surface area contributed by atoms with E-state index in [0.29, 0.717) is 12.4 Å². The molecule has 0 aliphatic carbocycles. The molecule has 4 N–H and O–H groups in total. The normalized spacial score (nSPS) is 12.9. The zero-order valence-electron chi connectivity index (χ0n) is 16.4. The number of H-pyrrole nitrogens is 1. The fourth-order valence-electron chi connectivity index (χ4n) is 3.75. The Morgan fingerprint density at radius 1 is 1.07 bits per heavy atom. The Kier molecular flexibility index (Phi) is 5.91. The predicted octanol–water partition coefficient (Wildman–Crippen LogP) is 4.10. The van der Waals surface area contributed by atoms with Crippen LogP contribution in [-0.2, 0) is 4.79 Å². The van der Waals surface area contributed by atoms with Crippen molar-refractivity contribution in [2.24, 2.45) is 10.7 Å². The average molecular weight is 390 g/mol. The number of nitrogens with two attached hydrogens (primary N) is 1. The van der Waals surface area contributed by atoms with Crippen molar-refractivity contribution in [1.82, 2.24) is 4.98 Å². The number of carbonyl (C=O) groups is 1. The summed E-state index contributed by atoms with van der Waals surface area (Å²) >= 11 is 0. The van der Waals surface area contributed by atoms with E-state index in [1.807, 2.05) is 30.3 Å². The summed E-state index contributed by atoms with van der Waals surface area (Å²) < 4.78 is 5.86. The van der Waals surface area contributed by atoms with Crippen LogP contribution in [-0.4, -0.2) is 36.8 Å². The third-order valence-electron chi connectivity index (χ3n) is 5.23. The van der Waals surface area contributed by atoms with E-state index < -0.39 is 0 Å². The van der Waals surface area contributed by atoms with Gasteiger partial charge in [0.25, 0.3) is 0 Å². The summed E-state index contributed by atoms with van der Waals surface area (Å²) in [5, 5.41) is 4.36. The molecule has 6 heteroatoms. The van der Waals surface area contributed by atoms with Crippen molar-refractivity contribution in [2.45, 2.75) is 25.7 Å². The number of ether oxygens (including phenoxy) is 1. The number of hydrogen-bond donors (Lipinski definition) is 3. The Morgan fingerprint density at radius 2 is 1.90 bits per heavy atom. The van der Waals surface area contributed by atoms with Gasteiger partial charge in [-0.2, -0.15) is 0 Å². The van der Waals surface area contributed by atoms with E-state index in [1.54, 1.807) is 0 Å². The van der Waals surface area contributed by atoms with Crippen molar-refractivity contribution < 1.29 is 9.53 Å². The molecule has 1 aromatic heterocycles. The van der Waals surface area contributed by atoms with Gasteiger partial charge in [-0.05, 0) is 49.7 Å². The van der Waals surface area contributed by atoms with E-state index in [1.165, 1.54) is 0 Å². The lowest BCUT2D eigenvalue weighted by Gasteiger charge is -2.09. The third kappa shape index (κ3) is 4.03. The van der Waals surface area contributed by atoms with Crippen molar-refractivity contribution in [2.75, 3.05) is 25.1 Å². The average Bonchev–Trinajstić information content (AvgIpc) is 3.01. The van der Waals surface area contributed by atoms with Gasteiger partial charge in [0.05, 0.1) is 18.0 Å². The standard InChI is InChI=1S/C23H26N4O2/c24-12-3-1-2-4-13-29-17-10-8-16(9-11-17)22-23-21-18(6-5-7-19(21)27-22)20(14-28)25-15-26-23/h5-11,14,26-27H,1-4,12-13,15,24H2. The van der Waals surface area contributed by atoms with Crippen LogP contribution in [0.2, 0.25) is 0 Å². The molecular formula is C23H26N4O2. The molecule has 3 aromatic rings. The number of hydrogen-bond acceptors (Lipinski definition) is 5. The first-order valence-electron chi connectivity index (χ1n) is 10.1. The molecule has 0 unspecified atom stereocenters. The molecule has 0 radical (unpaired) electrons. The van der Waals surface area contributed by atoms with E-state index >= 15 is 0 Å². The van der Waals surface area contributed by atoms with Crippen LogP contribution in [0.4, 0.5) is 5.69 Å². The van der Waals surface area contributed by atoms with Gasteiger partial charge < -0.3 is 20.8 Å². The number of benzene rings is 2. The first-order valence-corrected chi connectivity index (χ1v) is 10.1. The van der Waals surface area contributed by atoms with Crippen LogP contribution in [0, 0.1) is 0 Å². The zero-order chi connectivity index (χ0) is 20.1. The van der Waals surface area contributed by atoms with Gasteiger partial charge >= 0.3 is 0 Å². The smallest absolute Gasteiger partial charge is 0.168 e. The van der Waals surface area contributed by atoms with Crippen molar-refractivity contribution in [3.05, 3.63) is 48.0 Å². The number of rotatable bonds is 9. The molecule has 4 rings (SSSR count). The van der Waals surface area contributed by atoms with Crippen LogP contribution < -0.4 is 15.8 Å². The summed E-state index contributed by atoms with van der Waals surface area (Å²) in [5.74, 6) is 0.870. The predicted molar refractivity (Wildman–Crippen MR) is 118 cm³/mol. The number of anilines is 1. The summed E-state index contributed by atoms with van der Waals surface area (Å²) in [6.07, 6.45) is 5.25. The highest BCUT2D eigenvalue weighted by Crippen LogP contribution is 2.38. The number of carbonyl (C=O) groups excluding carboxylic acids is 1. The maximum absolute atomic E-state index is 11.4. The van der Waals surface area contributed by atoms with E-state index in [0.717, 1.165) is 84.3 Å². The van der Waals surface area contributed by atoms with Crippen molar-refractivity contribution >= 4 is 28.6 Å². The highest BCUT2D eigenvalue weighted by Gasteiger charge is 2.20. The number of unbranched alkanes of at least 4 members (excludes halogenated alkanes) is 3. The quantitative estimate of drug-likeness (QED) is 0.379. The molecule has 1 aliphatic heterocycles. The molecule has 0 atom stereocenters. The topological polar surface area (TPSA) is 92.5 Å². The molecule has 0 saturated carbocycles. The second-order valence-electron chi connectivity index (χ2n) is 7.17. The second-order valence-corrected chi connectivity index (χ2v) is 7.17. The first-order chi connectivity index (χ1) is 14.3. The SMILES string of the molecule is NCCCCCCOc1ccc(-c2[nH]c3cccc4c3c2NCN=C4C=O)cc1. The van der Waals surface area contributed by atoms with Crippen LogP contribution in [0.1, 0.15) is 31.2 Å². The van der Waals surface area contributed by atoms with Crippen LogP contribution in [0.15, 0.2) is 47.5 Å². The Bertz CT molecular complexity index is 1020. The van der Waals surface area contributed by atoms with Gasteiger partial charge in [0, 0.05) is 22.0 Å². The Labute approximate surface area is 170 Å². The lowest BCUT2D eigenvalue weighted by atomic mass is 10.0. The Balaban J connectivity index is 1.54. The summed E-state index contributed by atoms with van der Waals surface area (Å²) in [6, 6.07) is 14.0. The van der Waals surface area contributed by atoms with E-state index in [4.69, 9.17) is 10.5 Å². The van der Waals surface area contributed by atoms with Crippen molar-refractivity contribution in [3.8, 4) is 17.0 Å². The highest BCUT2D eigenvalue weighted by molar-refractivity contribution is 6.40. The minimum absolute atomic E-state index is 0.369. The van der Waals surface area contributed by atoms with Gasteiger partial charge in [-0.1, -0.05) is 25.0 Å². The third-order valence-corrected chi connectivity index (χ3v) is 5.23. The van der Waals surface area contributed by atoms with Crippen molar-refractivity contribution in [3.63, 3.8) is 0 Å². The fourth-order valence-corrected chi connectivity index (χ4v) is 3.75. The molecule has 0 spiro atoms. The molecule has 2 heterocycles. The van der Waals surface area contributed by atoms with Crippen LogP contribution >= 0.6 is 0 Å². The molecule has 0 fully saturated rings. The number of aromatic nitrogens is 1. The minimum atomic E-state index is 0.369. The molecule has 150 valence electrons. The molecule has 0 saturated heterocycles. The number of aromatic amines is 1. The molecule has 1 aliphatic rings. The van der Waals surface area contributed by atoms with Gasteiger partial charge in [0.15, 0.2) is 6.29 Å². The summed E-state index contributed by atoms with van der Waals surface area (Å²) in [4.78, 5) is 19.3. The minimum Gasteiger partial charge on any atom is -0.494 e. The molecule has 29 heavy (non-hydrogen) atoms. The van der Waals surface area contributed by atoms with Gasteiger partial charge in [-0.3, -0.25) is 9.79 Å². The van der Waals surface area contributed by atoms with E-state index in [2.05, 4.69) is 27.4 Å². The maximum atomic E-state index is 11.4. The molecule has 0 bridgehead atoms. The van der Waals surface area contributed by atoms with Gasteiger partial charge in [-0.25, -0.2) is 0 Å². The number of aldehydes is 1. The van der Waals surface area contributed by atoms with Crippen LogP contribution in [0.5, 0.6) is 5.75 Å². The number of nitrogens with one attached hydrogen (secondary N) is 2. The Morgan fingerprint density at radius 3 is 2.69 bits per heavy atom. The summed E-state index contributed by atoms with van der Waals surface area (Å²) in [7, 11) is 0. The van der Waals surface area contributed by atoms with Gasteiger partial charge in [0.1, 0.15) is 18.1 Å². The molecule has 2 aromatic carbocycles. The van der Waals surface area contributed by atoms with Gasteiger partial charge in [-0.15, -0.1) is 0 Å². The molecular weight excluding hydrogens is 364 g/mol. The van der Waals surface area contributed by atoms with Crippen molar-refractivity contribution in [1.29, 1.82) is 0 Å². The Hall–Kier alpha value is -3.12. The monoisotopic (exact) mass is 390 g/mol. The summed E-state index contributed by atoms with van der Waals surface area (Å²) in [5.41, 5.74) is 10.8. The van der Waals surface area contributed by atoms with Crippen LogP contribution in [0.3, 0.4) is 0 Å². The van der Waals surface area contributed by atoms with E-state index in [9.17, 15) is 4.79 Å². The lowest BCUT2D eigenvalue weighted by molar-refractivity contribution is -0.102. The lowest BCUT2D eigenvalue weighted by Crippen LogP contribution is -2.04. The van der Waals surface area contributed by atoms with Gasteiger partial charge in [0.2, 0.25) is 0 Å². The maximum Gasteiger partial charge on any atom is 0.168 e. The number of nitrogens with zero attached hydrogens (tertiary/aromatic N) is 1. The van der Waals surface area contributed by atoms with E-state index in [-0.39, 0.29) is 0 Å². The van der Waals surface area contributed by atoms with Crippen LogP contribution in [0.25, 0.3) is 22.2 Å². The molecule has 0 amide bonds. The zero-order valence-corrected chi connectivity index (χ0v) is 16.4. The first kappa shape index (κ1) is 19.2. The second kappa shape index (κ2) is 8.92. The highest BCUT2D eigenvalue weighted by atomic mass is 16.5.